The lowest BCUT2D eigenvalue weighted by Crippen LogP contribution is -2.26. The van der Waals surface area contributed by atoms with Gasteiger partial charge in [-0.1, -0.05) is 18.2 Å². The summed E-state index contributed by atoms with van der Waals surface area (Å²) in [5, 5.41) is 11.2. The molecule has 0 aliphatic rings. The third-order valence-corrected chi connectivity index (χ3v) is 2.71. The van der Waals surface area contributed by atoms with Crippen molar-refractivity contribution < 1.29 is 14.7 Å². The predicted octanol–water partition coefficient (Wildman–Crippen LogP) is 1.36. The minimum atomic E-state index is -0.984. The van der Waals surface area contributed by atoms with Crippen molar-refractivity contribution in [3.8, 4) is 0 Å². The molecule has 0 bridgehead atoms. The van der Waals surface area contributed by atoms with Crippen molar-refractivity contribution in [2.75, 3.05) is 25.5 Å². The van der Waals surface area contributed by atoms with Gasteiger partial charge >= 0.3 is 5.97 Å². The van der Waals surface area contributed by atoms with E-state index in [0.717, 1.165) is 17.3 Å². The van der Waals surface area contributed by atoms with Crippen LogP contribution < -0.4 is 10.2 Å². The first-order valence-electron chi connectivity index (χ1n) is 5.96. The normalized spacial score (nSPS) is 10.4. The molecule has 2 N–H and O–H groups in total. The molecule has 0 heterocycles. The van der Waals surface area contributed by atoms with Gasteiger partial charge in [-0.25, -0.2) is 4.79 Å². The van der Waals surface area contributed by atoms with E-state index in [1.807, 2.05) is 36.2 Å². The smallest absolute Gasteiger partial charge is 0.328 e. The minimum absolute atomic E-state index is 0.0228. The Balaban J connectivity index is 2.81. The molecule has 102 valence electrons. The molecule has 0 aliphatic heterocycles. The van der Waals surface area contributed by atoms with E-state index in [-0.39, 0.29) is 5.91 Å². The van der Waals surface area contributed by atoms with E-state index in [1.165, 1.54) is 0 Å². The zero-order valence-corrected chi connectivity index (χ0v) is 11.1. The number of nitrogens with zero attached hydrogens (tertiary/aromatic N) is 1. The van der Waals surface area contributed by atoms with Crippen LogP contribution in [0, 0.1) is 0 Å². The van der Waals surface area contributed by atoms with Gasteiger partial charge in [-0.15, -0.1) is 0 Å². The number of benzene rings is 1. The van der Waals surface area contributed by atoms with Crippen LogP contribution in [0.4, 0.5) is 5.69 Å². The Morgan fingerprint density at radius 1 is 1.37 bits per heavy atom. The van der Waals surface area contributed by atoms with Crippen LogP contribution in [0.25, 0.3) is 6.08 Å². The molecule has 19 heavy (non-hydrogen) atoms. The molecule has 1 aromatic carbocycles. The van der Waals surface area contributed by atoms with Crippen LogP contribution in [0.3, 0.4) is 0 Å². The third-order valence-electron chi connectivity index (χ3n) is 2.71. The van der Waals surface area contributed by atoms with Gasteiger partial charge in [0.1, 0.15) is 0 Å². The Morgan fingerprint density at radius 2 is 2.05 bits per heavy atom. The molecule has 5 heteroatoms. The highest BCUT2D eigenvalue weighted by Gasteiger charge is 2.07. The van der Waals surface area contributed by atoms with Crippen LogP contribution in [0.2, 0.25) is 0 Å². The molecule has 0 unspecified atom stereocenters. The number of carboxylic acids is 1. The van der Waals surface area contributed by atoms with Gasteiger partial charge in [0, 0.05) is 38.8 Å². The number of anilines is 1. The first-order chi connectivity index (χ1) is 9.04. The Hall–Kier alpha value is -2.30. The second kappa shape index (κ2) is 7.20. The topological polar surface area (TPSA) is 69.6 Å². The quantitative estimate of drug-likeness (QED) is 0.759. The fraction of sp³-hybridized carbons (Fsp3) is 0.286. The molecule has 5 nitrogen and oxygen atoms in total. The van der Waals surface area contributed by atoms with Crippen LogP contribution in [0.5, 0.6) is 0 Å². The molecule has 0 saturated carbocycles. The highest BCUT2D eigenvalue weighted by molar-refractivity contribution is 5.87. The molecule has 1 aromatic rings. The number of carbonyl (C=O) groups excluding carboxylic acids is 1. The lowest BCUT2D eigenvalue weighted by molar-refractivity contribution is -0.131. The Morgan fingerprint density at radius 3 is 2.68 bits per heavy atom. The molecular formula is C14H18N2O3. The van der Waals surface area contributed by atoms with Crippen LogP contribution in [-0.4, -0.2) is 37.6 Å². The van der Waals surface area contributed by atoms with Gasteiger partial charge in [0.15, 0.2) is 0 Å². The molecule has 0 aromatic heterocycles. The number of hydrogen-bond acceptors (Lipinski definition) is 3. The van der Waals surface area contributed by atoms with Crippen molar-refractivity contribution in [1.82, 2.24) is 5.32 Å². The number of rotatable bonds is 6. The fourth-order valence-corrected chi connectivity index (χ4v) is 1.65. The summed E-state index contributed by atoms with van der Waals surface area (Å²) in [6.45, 7) is 0.567. The number of nitrogens with one attached hydrogen (secondary N) is 1. The lowest BCUT2D eigenvalue weighted by atomic mass is 10.1. The van der Waals surface area contributed by atoms with Gasteiger partial charge in [0.2, 0.25) is 5.91 Å². The summed E-state index contributed by atoms with van der Waals surface area (Å²) < 4.78 is 0. The van der Waals surface area contributed by atoms with E-state index >= 15 is 0 Å². The van der Waals surface area contributed by atoms with Gasteiger partial charge in [0.05, 0.1) is 0 Å². The Kier molecular flexibility index (Phi) is 5.60. The van der Waals surface area contributed by atoms with E-state index in [4.69, 9.17) is 5.11 Å². The highest BCUT2D eigenvalue weighted by atomic mass is 16.4. The van der Waals surface area contributed by atoms with E-state index in [0.29, 0.717) is 13.0 Å². The molecule has 0 aliphatic carbocycles. The summed E-state index contributed by atoms with van der Waals surface area (Å²) in [7, 11) is 3.47. The molecule has 0 spiro atoms. The number of hydrogen-bond donors (Lipinski definition) is 2. The van der Waals surface area contributed by atoms with Crippen LogP contribution in [-0.2, 0) is 9.59 Å². The van der Waals surface area contributed by atoms with Crippen molar-refractivity contribution in [1.29, 1.82) is 0 Å². The van der Waals surface area contributed by atoms with Gasteiger partial charge in [-0.3, -0.25) is 4.79 Å². The molecule has 0 saturated heterocycles. The van der Waals surface area contributed by atoms with Crippen molar-refractivity contribution in [3.63, 3.8) is 0 Å². The zero-order chi connectivity index (χ0) is 14.3. The van der Waals surface area contributed by atoms with Crippen molar-refractivity contribution in [2.24, 2.45) is 0 Å². The number of carbonyl (C=O) groups is 2. The zero-order valence-electron chi connectivity index (χ0n) is 11.1. The summed E-state index contributed by atoms with van der Waals surface area (Å²) >= 11 is 0. The highest BCUT2D eigenvalue weighted by Crippen LogP contribution is 2.20. The molecular weight excluding hydrogens is 244 g/mol. The largest absolute Gasteiger partial charge is 0.478 e. The number of para-hydroxylation sites is 1. The molecule has 0 atom stereocenters. The number of amides is 1. The first-order valence-corrected chi connectivity index (χ1v) is 5.96. The molecule has 1 rings (SSSR count). The third kappa shape index (κ3) is 4.83. The van der Waals surface area contributed by atoms with Crippen molar-refractivity contribution in [2.45, 2.75) is 6.42 Å². The molecule has 1 amide bonds. The summed E-state index contributed by atoms with van der Waals surface area (Å²) in [4.78, 5) is 23.7. The minimum Gasteiger partial charge on any atom is -0.478 e. The van der Waals surface area contributed by atoms with Gasteiger partial charge in [0.25, 0.3) is 0 Å². The van der Waals surface area contributed by atoms with E-state index in [9.17, 15) is 9.59 Å². The second-order valence-electron chi connectivity index (χ2n) is 4.08. The van der Waals surface area contributed by atoms with Crippen molar-refractivity contribution in [3.05, 3.63) is 35.9 Å². The fourth-order valence-electron chi connectivity index (χ4n) is 1.65. The second-order valence-corrected chi connectivity index (χ2v) is 4.08. The van der Waals surface area contributed by atoms with Gasteiger partial charge in [-0.05, 0) is 17.7 Å². The monoisotopic (exact) mass is 262 g/mol. The average molecular weight is 262 g/mol. The maximum absolute atomic E-state index is 11.2. The predicted molar refractivity (Wildman–Crippen MR) is 75.1 cm³/mol. The molecule has 0 fully saturated rings. The summed E-state index contributed by atoms with van der Waals surface area (Å²) in [5.41, 5.74) is 1.70. The van der Waals surface area contributed by atoms with Gasteiger partial charge in [-0.2, -0.15) is 0 Å². The lowest BCUT2D eigenvalue weighted by Gasteiger charge is -2.21. The number of aliphatic carboxylic acids is 1. The standard InChI is InChI=1S/C14H18N2O3/c1-15-13(17)9-10-16(2)12-6-4-3-5-11(12)7-8-14(18)19/h3-8H,9-10H2,1-2H3,(H,15,17)(H,18,19)/b8-7+. The Bertz CT molecular complexity index is 483. The molecule has 0 radical (unpaired) electrons. The van der Waals surface area contributed by atoms with Crippen LogP contribution in [0.15, 0.2) is 30.3 Å². The summed E-state index contributed by atoms with van der Waals surface area (Å²) in [5.74, 6) is -1.01. The van der Waals surface area contributed by atoms with Crippen LogP contribution in [0.1, 0.15) is 12.0 Å². The van der Waals surface area contributed by atoms with E-state index < -0.39 is 5.97 Å². The average Bonchev–Trinajstić information content (AvgIpc) is 2.42. The van der Waals surface area contributed by atoms with E-state index in [2.05, 4.69) is 5.32 Å². The van der Waals surface area contributed by atoms with Gasteiger partial charge < -0.3 is 15.3 Å². The number of carboxylic acid groups (broad SMARTS) is 1. The SMILES string of the molecule is CNC(=O)CCN(C)c1ccccc1/C=C/C(=O)O. The summed E-state index contributed by atoms with van der Waals surface area (Å²) in [6, 6.07) is 7.46. The first kappa shape index (κ1) is 14.8. The van der Waals surface area contributed by atoms with Crippen molar-refractivity contribution >= 4 is 23.6 Å². The maximum Gasteiger partial charge on any atom is 0.328 e. The van der Waals surface area contributed by atoms with E-state index in [1.54, 1.807) is 13.1 Å². The van der Waals surface area contributed by atoms with Crippen LogP contribution >= 0.6 is 0 Å². The summed E-state index contributed by atoms with van der Waals surface area (Å²) in [6.07, 6.45) is 3.05. The Labute approximate surface area is 112 Å². The maximum atomic E-state index is 11.2.